The molecule has 0 bridgehead atoms. The second kappa shape index (κ2) is 4.30. The van der Waals surface area contributed by atoms with E-state index in [2.05, 4.69) is 10.2 Å². The molecule has 5 heteroatoms. The molecule has 0 saturated carbocycles. The van der Waals surface area contributed by atoms with Gasteiger partial charge in [-0.1, -0.05) is 6.92 Å². The van der Waals surface area contributed by atoms with Crippen molar-refractivity contribution < 1.29 is 4.79 Å². The molecule has 0 aliphatic heterocycles. The van der Waals surface area contributed by atoms with Gasteiger partial charge in [0.25, 0.3) is 0 Å². The van der Waals surface area contributed by atoms with E-state index in [0.29, 0.717) is 13.0 Å². The van der Waals surface area contributed by atoms with E-state index in [0.717, 1.165) is 11.4 Å². The fourth-order valence-electron chi connectivity index (χ4n) is 1.52. The van der Waals surface area contributed by atoms with E-state index in [1.165, 1.54) is 0 Å². The van der Waals surface area contributed by atoms with Crippen LogP contribution in [0.3, 0.4) is 0 Å². The molecule has 2 heterocycles. The smallest absolute Gasteiger partial charge is 0.164 e. The summed E-state index contributed by atoms with van der Waals surface area (Å²) in [4.78, 5) is 11.4. The molecule has 84 valence electrons. The number of Topliss-reactive ketones (excluding diaryl/α,β-unsaturated/α-hetero) is 1. The summed E-state index contributed by atoms with van der Waals surface area (Å²) in [5, 5.41) is 7.80. The van der Waals surface area contributed by atoms with Crippen molar-refractivity contribution in [1.82, 2.24) is 19.3 Å². The minimum Gasteiger partial charge on any atom is -0.346 e. The minimum absolute atomic E-state index is 0.164. The van der Waals surface area contributed by atoms with Crippen LogP contribution in [0, 0.1) is 0 Å². The summed E-state index contributed by atoms with van der Waals surface area (Å²) >= 11 is 0. The van der Waals surface area contributed by atoms with Gasteiger partial charge >= 0.3 is 0 Å². The number of hydrogen-bond acceptors (Lipinski definition) is 3. The van der Waals surface area contributed by atoms with E-state index in [4.69, 9.17) is 0 Å². The quantitative estimate of drug-likeness (QED) is 0.726. The van der Waals surface area contributed by atoms with Crippen LogP contribution in [-0.4, -0.2) is 25.1 Å². The largest absolute Gasteiger partial charge is 0.346 e. The van der Waals surface area contributed by atoms with Gasteiger partial charge < -0.3 is 9.13 Å². The van der Waals surface area contributed by atoms with Crippen LogP contribution in [0.5, 0.6) is 0 Å². The molecule has 0 N–H and O–H groups in total. The molecule has 0 aliphatic rings. The summed E-state index contributed by atoms with van der Waals surface area (Å²) in [5.74, 6) is 1.03. The lowest BCUT2D eigenvalue weighted by Crippen LogP contribution is -2.04. The third-order valence-electron chi connectivity index (χ3n) is 2.52. The Morgan fingerprint density at radius 2 is 2.31 bits per heavy atom. The fraction of sp³-hybridized carbons (Fsp3) is 0.364. The Kier molecular flexibility index (Phi) is 2.85. The van der Waals surface area contributed by atoms with Crippen molar-refractivity contribution in [2.45, 2.75) is 19.9 Å². The predicted molar refractivity (Wildman–Crippen MR) is 59.2 cm³/mol. The molecular formula is C11H14N4O. The van der Waals surface area contributed by atoms with Crippen LogP contribution < -0.4 is 0 Å². The second-order valence-corrected chi connectivity index (χ2v) is 3.71. The average Bonchev–Trinajstić information content (AvgIpc) is 2.89. The topological polar surface area (TPSA) is 52.7 Å². The number of ketones is 1. The monoisotopic (exact) mass is 218 g/mol. The van der Waals surface area contributed by atoms with Gasteiger partial charge in [-0.15, -0.1) is 10.2 Å². The lowest BCUT2D eigenvalue weighted by atomic mass is 10.2. The second-order valence-electron chi connectivity index (χ2n) is 3.71. The van der Waals surface area contributed by atoms with Crippen molar-refractivity contribution >= 4 is 5.78 Å². The maximum atomic E-state index is 11.4. The zero-order valence-corrected chi connectivity index (χ0v) is 9.42. The number of aryl methyl sites for hydroxylation is 1. The molecule has 0 spiro atoms. The van der Waals surface area contributed by atoms with Gasteiger partial charge in [0.2, 0.25) is 0 Å². The van der Waals surface area contributed by atoms with Gasteiger partial charge in [-0.25, -0.2) is 0 Å². The lowest BCUT2D eigenvalue weighted by Gasteiger charge is -2.01. The third kappa shape index (κ3) is 2.03. The minimum atomic E-state index is 0.164. The molecule has 2 rings (SSSR count). The lowest BCUT2D eigenvalue weighted by molar-refractivity contribution is 0.0988. The van der Waals surface area contributed by atoms with Crippen LogP contribution in [0.15, 0.2) is 24.8 Å². The van der Waals surface area contributed by atoms with E-state index < -0.39 is 0 Å². The first-order valence-corrected chi connectivity index (χ1v) is 5.22. The van der Waals surface area contributed by atoms with Crippen LogP contribution in [-0.2, 0) is 13.6 Å². The van der Waals surface area contributed by atoms with Gasteiger partial charge in [0.05, 0.1) is 6.54 Å². The fourth-order valence-corrected chi connectivity index (χ4v) is 1.52. The Morgan fingerprint density at radius 1 is 1.50 bits per heavy atom. The van der Waals surface area contributed by atoms with Gasteiger partial charge in [0, 0.05) is 31.4 Å². The molecule has 0 unspecified atom stereocenters. The molecule has 0 amide bonds. The highest BCUT2D eigenvalue weighted by Crippen LogP contribution is 2.06. The molecule has 0 aromatic carbocycles. The number of aromatic nitrogens is 4. The standard InChI is InChI=1S/C11H14N4O/c1-3-10(16)9-4-5-15(6-9)7-11-13-12-8-14(11)2/h4-6,8H,3,7H2,1-2H3. The summed E-state index contributed by atoms with van der Waals surface area (Å²) in [6.07, 6.45) is 5.93. The SMILES string of the molecule is CCC(=O)c1ccn(Cc2nncn2C)c1. The van der Waals surface area contributed by atoms with Crippen LogP contribution in [0.25, 0.3) is 0 Å². The normalized spacial score (nSPS) is 10.6. The maximum Gasteiger partial charge on any atom is 0.164 e. The first-order valence-electron chi connectivity index (χ1n) is 5.22. The van der Waals surface area contributed by atoms with Crippen molar-refractivity contribution in [3.05, 3.63) is 36.2 Å². The maximum absolute atomic E-state index is 11.4. The Balaban J connectivity index is 2.14. The van der Waals surface area contributed by atoms with Crippen LogP contribution in [0.1, 0.15) is 29.5 Å². The summed E-state index contributed by atoms with van der Waals surface area (Å²) in [5.41, 5.74) is 0.754. The van der Waals surface area contributed by atoms with Crippen molar-refractivity contribution in [2.24, 2.45) is 7.05 Å². The Hall–Kier alpha value is -1.91. The average molecular weight is 218 g/mol. The molecule has 0 aliphatic carbocycles. The molecule has 2 aromatic rings. The number of carbonyl (C=O) groups is 1. The third-order valence-corrected chi connectivity index (χ3v) is 2.52. The highest BCUT2D eigenvalue weighted by Gasteiger charge is 2.06. The van der Waals surface area contributed by atoms with Crippen molar-refractivity contribution in [1.29, 1.82) is 0 Å². The van der Waals surface area contributed by atoms with Crippen molar-refractivity contribution in [2.75, 3.05) is 0 Å². The molecule has 0 saturated heterocycles. The highest BCUT2D eigenvalue weighted by atomic mass is 16.1. The molecule has 5 nitrogen and oxygen atoms in total. The number of nitrogens with zero attached hydrogens (tertiary/aromatic N) is 4. The van der Waals surface area contributed by atoms with Crippen molar-refractivity contribution in [3.63, 3.8) is 0 Å². The summed E-state index contributed by atoms with van der Waals surface area (Å²) in [7, 11) is 1.90. The van der Waals surface area contributed by atoms with E-state index in [-0.39, 0.29) is 5.78 Å². The first kappa shape index (κ1) is 10.6. The Bertz CT molecular complexity index is 498. The summed E-state index contributed by atoms with van der Waals surface area (Å²) in [6, 6.07) is 1.84. The zero-order valence-electron chi connectivity index (χ0n) is 9.42. The number of carbonyl (C=O) groups excluding carboxylic acids is 1. The van der Waals surface area contributed by atoms with Gasteiger partial charge in [-0.3, -0.25) is 4.79 Å². The van der Waals surface area contributed by atoms with Crippen LogP contribution in [0.2, 0.25) is 0 Å². The molecule has 0 atom stereocenters. The molecule has 16 heavy (non-hydrogen) atoms. The van der Waals surface area contributed by atoms with Crippen molar-refractivity contribution in [3.8, 4) is 0 Å². The van der Waals surface area contributed by atoms with Gasteiger partial charge in [-0.05, 0) is 6.07 Å². The number of hydrogen-bond donors (Lipinski definition) is 0. The summed E-state index contributed by atoms with van der Waals surface area (Å²) < 4.78 is 3.80. The van der Waals surface area contributed by atoms with Crippen LogP contribution >= 0.6 is 0 Å². The molecule has 0 fully saturated rings. The number of rotatable bonds is 4. The molecule has 0 radical (unpaired) electrons. The van der Waals surface area contributed by atoms with Gasteiger partial charge in [0.1, 0.15) is 6.33 Å². The Labute approximate surface area is 93.7 Å². The van der Waals surface area contributed by atoms with Gasteiger partial charge in [-0.2, -0.15) is 0 Å². The van der Waals surface area contributed by atoms with E-state index in [9.17, 15) is 4.79 Å². The predicted octanol–water partition coefficient (Wildman–Crippen LogP) is 1.26. The zero-order chi connectivity index (χ0) is 11.5. The summed E-state index contributed by atoms with van der Waals surface area (Å²) in [6.45, 7) is 2.50. The molecule has 2 aromatic heterocycles. The van der Waals surface area contributed by atoms with E-state index in [1.807, 2.05) is 41.6 Å². The van der Waals surface area contributed by atoms with Crippen LogP contribution in [0.4, 0.5) is 0 Å². The van der Waals surface area contributed by atoms with Gasteiger partial charge in [0.15, 0.2) is 11.6 Å². The van der Waals surface area contributed by atoms with E-state index >= 15 is 0 Å². The Morgan fingerprint density at radius 3 is 2.94 bits per heavy atom. The highest BCUT2D eigenvalue weighted by molar-refractivity contribution is 5.95. The van der Waals surface area contributed by atoms with E-state index in [1.54, 1.807) is 6.33 Å². The molecular weight excluding hydrogens is 204 g/mol. The first-order chi connectivity index (χ1) is 7.70.